The van der Waals surface area contributed by atoms with Crippen LogP contribution in [0.2, 0.25) is 0 Å². The quantitative estimate of drug-likeness (QED) is 0.685. The van der Waals surface area contributed by atoms with Gasteiger partial charge in [-0.15, -0.1) is 0 Å². The number of carboxylic acids is 1. The molecule has 2 aromatic rings. The number of hydrogen-bond donors (Lipinski definition) is 1. The zero-order chi connectivity index (χ0) is 15.6. The molecule has 0 bridgehead atoms. The summed E-state index contributed by atoms with van der Waals surface area (Å²) < 4.78 is 5.51. The van der Waals surface area contributed by atoms with Crippen molar-refractivity contribution in [2.24, 2.45) is 0 Å². The van der Waals surface area contributed by atoms with E-state index in [4.69, 9.17) is 9.84 Å². The number of nitro groups is 1. The summed E-state index contributed by atoms with van der Waals surface area (Å²) in [7, 11) is 0. The third-order valence-corrected chi connectivity index (χ3v) is 2.83. The van der Waals surface area contributed by atoms with Gasteiger partial charge in [-0.1, -0.05) is 12.1 Å². The first-order valence-electron chi connectivity index (χ1n) is 6.02. The first-order valence-corrected chi connectivity index (χ1v) is 6.02. The normalized spacial score (nSPS) is 10.2. The van der Waals surface area contributed by atoms with Crippen LogP contribution < -0.4 is 4.74 Å². The van der Waals surface area contributed by atoms with Crippen LogP contribution >= 0.6 is 0 Å². The highest BCUT2D eigenvalue weighted by molar-refractivity contribution is 5.90. The standard InChI is InChI=1S/C14H12N2O5/c1-8-4-3-5-11(16(19)20)13(8)21-12-6-9(2)15-7-10(12)14(17)18/h3-7H,1-2H3,(H,17,18). The monoisotopic (exact) mass is 288 g/mol. The lowest BCUT2D eigenvalue weighted by molar-refractivity contribution is -0.385. The number of pyridine rings is 1. The van der Waals surface area contributed by atoms with Crippen LogP contribution in [0.15, 0.2) is 30.5 Å². The minimum absolute atomic E-state index is 0.0207. The highest BCUT2D eigenvalue weighted by Crippen LogP contribution is 2.35. The van der Waals surface area contributed by atoms with E-state index in [9.17, 15) is 14.9 Å². The summed E-state index contributed by atoms with van der Waals surface area (Å²) in [5, 5.41) is 20.2. The van der Waals surface area contributed by atoms with E-state index in [1.807, 2.05) is 0 Å². The minimum atomic E-state index is -1.21. The van der Waals surface area contributed by atoms with E-state index in [-0.39, 0.29) is 22.7 Å². The van der Waals surface area contributed by atoms with Crippen LogP contribution in [0.3, 0.4) is 0 Å². The molecule has 0 spiro atoms. The van der Waals surface area contributed by atoms with Gasteiger partial charge in [-0.05, 0) is 19.4 Å². The zero-order valence-corrected chi connectivity index (χ0v) is 11.4. The molecule has 0 atom stereocenters. The van der Waals surface area contributed by atoms with Crippen LogP contribution in [0.4, 0.5) is 5.69 Å². The minimum Gasteiger partial charge on any atom is -0.477 e. The lowest BCUT2D eigenvalue weighted by Gasteiger charge is -2.11. The molecule has 1 N–H and O–H groups in total. The highest BCUT2D eigenvalue weighted by atomic mass is 16.6. The topological polar surface area (TPSA) is 103 Å². The number of rotatable bonds is 4. The maximum absolute atomic E-state index is 11.2. The summed E-state index contributed by atoms with van der Waals surface area (Å²) in [4.78, 5) is 25.5. The van der Waals surface area contributed by atoms with Gasteiger partial charge in [0, 0.05) is 24.0 Å². The Labute approximate surface area is 120 Å². The van der Waals surface area contributed by atoms with Crippen LogP contribution in [0.1, 0.15) is 21.6 Å². The molecule has 1 heterocycles. The molecule has 0 unspecified atom stereocenters. The first kappa shape index (κ1) is 14.4. The van der Waals surface area contributed by atoms with E-state index in [1.54, 1.807) is 19.9 Å². The van der Waals surface area contributed by atoms with Crippen molar-refractivity contribution in [1.82, 2.24) is 4.98 Å². The van der Waals surface area contributed by atoms with Gasteiger partial charge in [0.15, 0.2) is 0 Å². The number of ether oxygens (including phenoxy) is 1. The van der Waals surface area contributed by atoms with Crippen molar-refractivity contribution >= 4 is 11.7 Å². The van der Waals surface area contributed by atoms with Gasteiger partial charge in [0.05, 0.1) is 4.92 Å². The van der Waals surface area contributed by atoms with Gasteiger partial charge >= 0.3 is 11.7 Å². The van der Waals surface area contributed by atoms with Gasteiger partial charge in [-0.3, -0.25) is 15.1 Å². The molecular weight excluding hydrogens is 276 g/mol. The van der Waals surface area contributed by atoms with Gasteiger partial charge in [-0.2, -0.15) is 0 Å². The summed E-state index contributed by atoms with van der Waals surface area (Å²) in [5.41, 5.74) is 0.709. The molecule has 0 aliphatic heterocycles. The van der Waals surface area contributed by atoms with Crippen LogP contribution in [-0.4, -0.2) is 21.0 Å². The van der Waals surface area contributed by atoms with E-state index in [1.165, 1.54) is 18.2 Å². The number of aromatic nitrogens is 1. The van der Waals surface area contributed by atoms with E-state index in [2.05, 4.69) is 4.98 Å². The molecule has 21 heavy (non-hydrogen) atoms. The number of aryl methyl sites for hydroxylation is 2. The van der Waals surface area contributed by atoms with Crippen molar-refractivity contribution < 1.29 is 19.6 Å². The first-order chi connectivity index (χ1) is 9.90. The molecule has 0 saturated heterocycles. The van der Waals surface area contributed by atoms with Gasteiger partial charge < -0.3 is 9.84 Å². The molecular formula is C14H12N2O5. The number of benzene rings is 1. The predicted octanol–water partition coefficient (Wildman–Crippen LogP) is 3.10. The number of carboxylic acid groups (broad SMARTS) is 1. The van der Waals surface area contributed by atoms with Gasteiger partial charge in [0.25, 0.3) is 0 Å². The maximum Gasteiger partial charge on any atom is 0.341 e. The van der Waals surface area contributed by atoms with Gasteiger partial charge in [0.1, 0.15) is 11.3 Å². The second kappa shape index (κ2) is 5.58. The van der Waals surface area contributed by atoms with Gasteiger partial charge in [-0.25, -0.2) is 4.79 Å². The lowest BCUT2D eigenvalue weighted by Crippen LogP contribution is -2.03. The second-order valence-corrected chi connectivity index (χ2v) is 4.41. The van der Waals surface area contributed by atoms with Crippen molar-refractivity contribution in [1.29, 1.82) is 0 Å². The Bertz CT molecular complexity index is 727. The number of nitrogens with zero attached hydrogens (tertiary/aromatic N) is 2. The fourth-order valence-corrected chi connectivity index (χ4v) is 1.80. The SMILES string of the molecule is Cc1cc(Oc2c(C)cccc2[N+](=O)[O-])c(C(=O)O)cn1. The maximum atomic E-state index is 11.2. The Morgan fingerprint density at radius 2 is 2.10 bits per heavy atom. The van der Waals surface area contributed by atoms with Gasteiger partial charge in [0.2, 0.25) is 5.75 Å². The molecule has 0 aliphatic rings. The number of aromatic carboxylic acids is 1. The third-order valence-electron chi connectivity index (χ3n) is 2.83. The number of carbonyl (C=O) groups is 1. The summed E-state index contributed by atoms with van der Waals surface area (Å²) in [5.74, 6) is -1.17. The molecule has 7 nitrogen and oxygen atoms in total. The zero-order valence-electron chi connectivity index (χ0n) is 11.4. The van der Waals surface area contributed by atoms with E-state index >= 15 is 0 Å². The van der Waals surface area contributed by atoms with E-state index < -0.39 is 10.9 Å². The number of hydrogen-bond acceptors (Lipinski definition) is 5. The van der Waals surface area contributed by atoms with Crippen molar-refractivity contribution in [2.75, 3.05) is 0 Å². The molecule has 0 fully saturated rings. The molecule has 0 radical (unpaired) electrons. The number of para-hydroxylation sites is 1. The van der Waals surface area contributed by atoms with Crippen molar-refractivity contribution in [3.05, 3.63) is 57.4 Å². The molecule has 108 valence electrons. The highest BCUT2D eigenvalue weighted by Gasteiger charge is 2.21. The van der Waals surface area contributed by atoms with Crippen LogP contribution in [0, 0.1) is 24.0 Å². The molecule has 0 aliphatic carbocycles. The molecule has 1 aromatic heterocycles. The summed E-state index contributed by atoms with van der Waals surface area (Å²) in [6.45, 7) is 3.32. The van der Waals surface area contributed by atoms with Crippen molar-refractivity contribution in [2.45, 2.75) is 13.8 Å². The summed E-state index contributed by atoms with van der Waals surface area (Å²) in [6, 6.07) is 5.92. The Balaban J connectivity index is 2.55. The van der Waals surface area contributed by atoms with Crippen molar-refractivity contribution in [3.8, 4) is 11.5 Å². The van der Waals surface area contributed by atoms with Crippen LogP contribution in [0.25, 0.3) is 0 Å². The van der Waals surface area contributed by atoms with E-state index in [0.717, 1.165) is 6.20 Å². The second-order valence-electron chi connectivity index (χ2n) is 4.41. The molecule has 0 amide bonds. The Morgan fingerprint density at radius 3 is 2.71 bits per heavy atom. The molecule has 7 heteroatoms. The predicted molar refractivity (Wildman–Crippen MR) is 73.8 cm³/mol. The third kappa shape index (κ3) is 2.97. The number of nitro benzene ring substituents is 1. The Kier molecular flexibility index (Phi) is 3.84. The van der Waals surface area contributed by atoms with E-state index in [0.29, 0.717) is 11.3 Å². The molecule has 0 saturated carbocycles. The fourth-order valence-electron chi connectivity index (χ4n) is 1.80. The van der Waals surface area contributed by atoms with Crippen LogP contribution in [-0.2, 0) is 0 Å². The summed E-state index contributed by atoms with van der Waals surface area (Å²) in [6.07, 6.45) is 1.16. The largest absolute Gasteiger partial charge is 0.477 e. The smallest absolute Gasteiger partial charge is 0.341 e. The summed E-state index contributed by atoms with van der Waals surface area (Å²) >= 11 is 0. The lowest BCUT2D eigenvalue weighted by atomic mass is 10.2. The molecule has 1 aromatic carbocycles. The average Bonchev–Trinajstić information content (AvgIpc) is 2.40. The Hall–Kier alpha value is -2.96. The molecule has 2 rings (SSSR count). The average molecular weight is 288 g/mol. The van der Waals surface area contributed by atoms with Crippen molar-refractivity contribution in [3.63, 3.8) is 0 Å². The Morgan fingerprint density at radius 1 is 1.38 bits per heavy atom. The van der Waals surface area contributed by atoms with Crippen LogP contribution in [0.5, 0.6) is 11.5 Å². The fraction of sp³-hybridized carbons (Fsp3) is 0.143.